The van der Waals surface area contributed by atoms with Gasteiger partial charge in [0.15, 0.2) is 5.13 Å². The van der Waals surface area contributed by atoms with Gasteiger partial charge < -0.3 is 10.2 Å². The highest BCUT2D eigenvalue weighted by molar-refractivity contribution is 7.13. The molecule has 4 rings (SSSR count). The second-order valence-corrected chi connectivity index (χ2v) is 7.76. The Kier molecular flexibility index (Phi) is 5.49. The largest absolute Gasteiger partial charge is 0.351 e. The van der Waals surface area contributed by atoms with Gasteiger partial charge in [-0.3, -0.25) is 4.79 Å². The Labute approximate surface area is 163 Å². The number of rotatable bonds is 6. The minimum Gasteiger partial charge on any atom is -0.351 e. The molecule has 0 aliphatic carbocycles. The lowest BCUT2D eigenvalue weighted by Gasteiger charge is -2.20. The summed E-state index contributed by atoms with van der Waals surface area (Å²) in [5.41, 5.74) is 2.35. The molecule has 1 saturated heterocycles. The van der Waals surface area contributed by atoms with Crippen LogP contribution >= 0.6 is 11.3 Å². The maximum absolute atomic E-state index is 12.8. The van der Waals surface area contributed by atoms with Crippen LogP contribution in [0.1, 0.15) is 29.9 Å². The van der Waals surface area contributed by atoms with Crippen molar-refractivity contribution in [1.29, 1.82) is 0 Å². The van der Waals surface area contributed by atoms with Crippen molar-refractivity contribution in [2.45, 2.75) is 24.8 Å². The fraction of sp³-hybridized carbons (Fsp3) is 0.273. The lowest BCUT2D eigenvalue weighted by atomic mass is 9.88. The average Bonchev–Trinajstić information content (AvgIpc) is 3.39. The van der Waals surface area contributed by atoms with Crippen LogP contribution in [-0.4, -0.2) is 30.0 Å². The number of nitrogens with one attached hydrogen (secondary N) is 1. The quantitative estimate of drug-likeness (QED) is 0.705. The first kappa shape index (κ1) is 17.7. The lowest BCUT2D eigenvalue weighted by Crippen LogP contribution is -2.37. The predicted octanol–water partition coefficient (Wildman–Crippen LogP) is 4.06. The number of hydrogen-bond donors (Lipinski definition) is 1. The molecule has 4 nitrogen and oxygen atoms in total. The van der Waals surface area contributed by atoms with Crippen molar-refractivity contribution >= 4 is 22.4 Å². The summed E-state index contributed by atoms with van der Waals surface area (Å²) >= 11 is 1.65. The second kappa shape index (κ2) is 8.35. The SMILES string of the molecule is O=C(CC(c1ccccc1)c1ccccc1)NC1CCN(c2nccs2)C1. The Morgan fingerprint density at radius 3 is 2.37 bits per heavy atom. The van der Waals surface area contributed by atoms with Crippen LogP contribution in [0.15, 0.2) is 72.2 Å². The van der Waals surface area contributed by atoms with Crippen LogP contribution in [0.2, 0.25) is 0 Å². The van der Waals surface area contributed by atoms with Gasteiger partial charge in [0.25, 0.3) is 0 Å². The zero-order valence-electron chi connectivity index (χ0n) is 15.1. The Hall–Kier alpha value is -2.66. The van der Waals surface area contributed by atoms with Gasteiger partial charge in [-0.2, -0.15) is 0 Å². The van der Waals surface area contributed by atoms with E-state index in [9.17, 15) is 4.79 Å². The summed E-state index contributed by atoms with van der Waals surface area (Å²) in [5, 5.41) is 6.27. The number of aromatic nitrogens is 1. The highest BCUT2D eigenvalue weighted by atomic mass is 32.1. The van der Waals surface area contributed by atoms with Crippen LogP contribution in [0.5, 0.6) is 0 Å². The minimum absolute atomic E-state index is 0.0730. The van der Waals surface area contributed by atoms with Crippen LogP contribution in [0, 0.1) is 0 Å². The van der Waals surface area contributed by atoms with E-state index in [1.54, 1.807) is 11.3 Å². The van der Waals surface area contributed by atoms with E-state index in [4.69, 9.17) is 0 Å². The number of carbonyl (C=O) groups is 1. The highest BCUT2D eigenvalue weighted by Gasteiger charge is 2.26. The molecule has 27 heavy (non-hydrogen) atoms. The minimum atomic E-state index is 0.0730. The van der Waals surface area contributed by atoms with Gasteiger partial charge in [0.1, 0.15) is 0 Å². The Balaban J connectivity index is 1.42. The lowest BCUT2D eigenvalue weighted by molar-refractivity contribution is -0.121. The number of benzene rings is 2. The molecule has 0 bridgehead atoms. The van der Waals surface area contributed by atoms with E-state index in [0.717, 1.165) is 24.6 Å². The zero-order valence-corrected chi connectivity index (χ0v) is 15.9. The number of amides is 1. The molecule has 0 radical (unpaired) electrons. The molecule has 1 aromatic heterocycles. The van der Waals surface area contributed by atoms with Crippen molar-refractivity contribution in [3.05, 3.63) is 83.4 Å². The molecular formula is C22H23N3OS. The smallest absolute Gasteiger partial charge is 0.221 e. The molecule has 1 N–H and O–H groups in total. The molecule has 1 amide bonds. The van der Waals surface area contributed by atoms with Gasteiger partial charge >= 0.3 is 0 Å². The van der Waals surface area contributed by atoms with Crippen LogP contribution in [0.4, 0.5) is 5.13 Å². The first-order valence-electron chi connectivity index (χ1n) is 9.33. The summed E-state index contributed by atoms with van der Waals surface area (Å²) < 4.78 is 0. The van der Waals surface area contributed by atoms with Gasteiger partial charge in [-0.25, -0.2) is 4.98 Å². The summed E-state index contributed by atoms with van der Waals surface area (Å²) in [4.78, 5) is 19.4. The molecule has 0 spiro atoms. The number of carbonyl (C=O) groups excluding carboxylic acids is 1. The summed E-state index contributed by atoms with van der Waals surface area (Å²) in [6.45, 7) is 1.78. The van der Waals surface area contributed by atoms with Crippen LogP contribution in [-0.2, 0) is 4.79 Å². The van der Waals surface area contributed by atoms with Crippen LogP contribution in [0.25, 0.3) is 0 Å². The maximum atomic E-state index is 12.8. The van der Waals surface area contributed by atoms with E-state index in [2.05, 4.69) is 39.5 Å². The van der Waals surface area contributed by atoms with Gasteiger partial charge in [-0.05, 0) is 17.5 Å². The second-order valence-electron chi connectivity index (χ2n) is 6.89. The van der Waals surface area contributed by atoms with Gasteiger partial charge in [0.2, 0.25) is 5.91 Å². The van der Waals surface area contributed by atoms with Gasteiger partial charge in [0.05, 0.1) is 0 Å². The third-order valence-electron chi connectivity index (χ3n) is 5.04. The number of nitrogens with zero attached hydrogens (tertiary/aromatic N) is 2. The van der Waals surface area contributed by atoms with Crippen molar-refractivity contribution in [1.82, 2.24) is 10.3 Å². The van der Waals surface area contributed by atoms with E-state index in [0.29, 0.717) is 6.42 Å². The molecule has 2 aromatic carbocycles. The third-order valence-corrected chi connectivity index (χ3v) is 5.87. The molecule has 1 aliphatic heterocycles. The molecular weight excluding hydrogens is 354 g/mol. The van der Waals surface area contributed by atoms with Gasteiger partial charge in [0, 0.05) is 43.0 Å². The molecule has 3 aromatic rings. The van der Waals surface area contributed by atoms with E-state index in [1.807, 2.05) is 48.0 Å². The fourth-order valence-electron chi connectivity index (χ4n) is 3.69. The highest BCUT2D eigenvalue weighted by Crippen LogP contribution is 2.28. The van der Waals surface area contributed by atoms with Gasteiger partial charge in [-0.1, -0.05) is 60.7 Å². The standard InChI is InChI=1S/C22H23N3OS/c26-21(24-19-11-13-25(16-19)22-23-12-14-27-22)15-20(17-7-3-1-4-8-17)18-9-5-2-6-10-18/h1-10,12,14,19-20H,11,13,15-16H2,(H,24,26). The topological polar surface area (TPSA) is 45.2 Å². The normalized spacial score (nSPS) is 16.6. The number of thiazole rings is 1. The fourth-order valence-corrected chi connectivity index (χ4v) is 4.37. The average molecular weight is 378 g/mol. The molecule has 0 saturated carbocycles. The number of anilines is 1. The van der Waals surface area contributed by atoms with Crippen LogP contribution < -0.4 is 10.2 Å². The molecule has 1 unspecified atom stereocenters. The van der Waals surface area contributed by atoms with Crippen molar-refractivity contribution in [2.75, 3.05) is 18.0 Å². The van der Waals surface area contributed by atoms with Gasteiger partial charge in [-0.15, -0.1) is 11.3 Å². The Bertz CT molecular complexity index is 812. The predicted molar refractivity (Wildman–Crippen MR) is 110 cm³/mol. The van der Waals surface area contributed by atoms with Crippen molar-refractivity contribution in [3.8, 4) is 0 Å². The molecule has 1 aliphatic rings. The molecule has 1 atom stereocenters. The first-order chi connectivity index (χ1) is 13.3. The van der Waals surface area contributed by atoms with E-state index in [-0.39, 0.29) is 17.9 Å². The molecule has 1 fully saturated rings. The number of hydrogen-bond acceptors (Lipinski definition) is 4. The molecule has 5 heteroatoms. The summed E-state index contributed by atoms with van der Waals surface area (Å²) in [6.07, 6.45) is 3.25. The van der Waals surface area contributed by atoms with Crippen molar-refractivity contribution in [3.63, 3.8) is 0 Å². The summed E-state index contributed by atoms with van der Waals surface area (Å²) in [5.74, 6) is 0.183. The summed E-state index contributed by atoms with van der Waals surface area (Å²) in [7, 11) is 0. The van der Waals surface area contributed by atoms with Crippen LogP contribution in [0.3, 0.4) is 0 Å². The first-order valence-corrected chi connectivity index (χ1v) is 10.2. The molecule has 2 heterocycles. The Morgan fingerprint density at radius 2 is 1.78 bits per heavy atom. The summed E-state index contributed by atoms with van der Waals surface area (Å²) in [6, 6.07) is 20.8. The van der Waals surface area contributed by atoms with E-state index < -0.39 is 0 Å². The van der Waals surface area contributed by atoms with E-state index in [1.165, 1.54) is 11.1 Å². The Morgan fingerprint density at radius 1 is 1.11 bits per heavy atom. The zero-order chi connectivity index (χ0) is 18.5. The molecule has 138 valence electrons. The van der Waals surface area contributed by atoms with E-state index >= 15 is 0 Å². The monoisotopic (exact) mass is 377 g/mol. The van der Waals surface area contributed by atoms with Crippen molar-refractivity contribution in [2.24, 2.45) is 0 Å². The third kappa shape index (κ3) is 4.37. The maximum Gasteiger partial charge on any atom is 0.221 e. The van der Waals surface area contributed by atoms with Crippen molar-refractivity contribution < 1.29 is 4.79 Å².